The molecule has 3 N–H and O–H groups in total. The van der Waals surface area contributed by atoms with Crippen molar-refractivity contribution in [2.24, 2.45) is 5.73 Å². The molecule has 1 aromatic carbocycles. The molecule has 0 fully saturated rings. The highest BCUT2D eigenvalue weighted by molar-refractivity contribution is 6.31. The van der Waals surface area contributed by atoms with Crippen LogP contribution in [0.3, 0.4) is 0 Å². The minimum atomic E-state index is -1.09. The molecule has 27 heavy (non-hydrogen) atoms. The average Bonchev–Trinajstić information content (AvgIpc) is 2.60. The summed E-state index contributed by atoms with van der Waals surface area (Å²) in [5.41, 5.74) is 6.20. The first-order chi connectivity index (χ1) is 12.7. The number of benzene rings is 1. The number of nitro groups is 1. The molecule has 0 saturated heterocycles. The minimum absolute atomic E-state index is 0.0359. The number of methoxy groups -OCH3 is 1. The van der Waals surface area contributed by atoms with E-state index in [9.17, 15) is 19.7 Å². The molecular formula is C17H18ClN3O6. The zero-order chi connectivity index (χ0) is 20.3. The maximum atomic E-state index is 12.5. The number of nitrogens with zero attached hydrogens (tertiary/aromatic N) is 1. The third-order valence-electron chi connectivity index (χ3n) is 4.00. The van der Waals surface area contributed by atoms with Crippen LogP contribution in [0.15, 0.2) is 40.9 Å². The van der Waals surface area contributed by atoms with Crippen LogP contribution in [0.2, 0.25) is 5.02 Å². The van der Waals surface area contributed by atoms with Crippen LogP contribution in [-0.2, 0) is 19.1 Å². The van der Waals surface area contributed by atoms with Gasteiger partial charge in [-0.25, -0.2) is 9.59 Å². The number of halogens is 1. The molecule has 0 bridgehead atoms. The average molecular weight is 396 g/mol. The summed E-state index contributed by atoms with van der Waals surface area (Å²) in [4.78, 5) is 35.5. The van der Waals surface area contributed by atoms with Crippen molar-refractivity contribution >= 4 is 29.2 Å². The standard InChI is InChI=1S/C17H18ClN3O6/c1-4-27-17(23)14-13(10-7-9(21(24)25)5-6-11(10)18)12(16(22)26-3)8(2)20-15(14)19/h5-7,13,20H,4,19H2,1-3H3. The van der Waals surface area contributed by atoms with Gasteiger partial charge in [-0.3, -0.25) is 10.1 Å². The van der Waals surface area contributed by atoms with Crippen molar-refractivity contribution in [1.82, 2.24) is 5.32 Å². The van der Waals surface area contributed by atoms with Crippen LogP contribution in [0.1, 0.15) is 25.3 Å². The predicted octanol–water partition coefficient (Wildman–Crippen LogP) is 2.12. The normalized spacial score (nSPS) is 16.7. The zero-order valence-corrected chi connectivity index (χ0v) is 15.6. The van der Waals surface area contributed by atoms with E-state index in [-0.39, 0.29) is 39.8 Å². The molecule has 1 atom stereocenters. The third-order valence-corrected chi connectivity index (χ3v) is 4.34. The zero-order valence-electron chi connectivity index (χ0n) is 14.9. The molecule has 0 radical (unpaired) electrons. The van der Waals surface area contributed by atoms with Gasteiger partial charge >= 0.3 is 11.9 Å². The van der Waals surface area contributed by atoms with Gasteiger partial charge in [-0.05, 0) is 25.5 Å². The highest BCUT2D eigenvalue weighted by Crippen LogP contribution is 2.42. The summed E-state index contributed by atoms with van der Waals surface area (Å²) < 4.78 is 9.87. The number of dihydropyridines is 1. The number of hydrogen-bond acceptors (Lipinski definition) is 8. The number of rotatable bonds is 5. The van der Waals surface area contributed by atoms with Gasteiger partial charge in [0.2, 0.25) is 0 Å². The lowest BCUT2D eigenvalue weighted by atomic mass is 9.81. The van der Waals surface area contributed by atoms with E-state index in [4.69, 9.17) is 26.8 Å². The maximum Gasteiger partial charge on any atom is 0.338 e. The molecular weight excluding hydrogens is 378 g/mol. The van der Waals surface area contributed by atoms with E-state index >= 15 is 0 Å². The lowest BCUT2D eigenvalue weighted by Gasteiger charge is -2.30. The highest BCUT2D eigenvalue weighted by Gasteiger charge is 2.39. The largest absolute Gasteiger partial charge is 0.466 e. The topological polar surface area (TPSA) is 134 Å². The second kappa shape index (κ2) is 8.09. The molecule has 1 unspecified atom stereocenters. The molecule has 0 aliphatic carbocycles. The number of ether oxygens (including phenoxy) is 2. The fraction of sp³-hybridized carbons (Fsp3) is 0.294. The van der Waals surface area contributed by atoms with Gasteiger partial charge in [0.15, 0.2) is 0 Å². The molecule has 1 aromatic rings. The van der Waals surface area contributed by atoms with Crippen LogP contribution in [0.5, 0.6) is 0 Å². The number of carbonyl (C=O) groups excluding carboxylic acids is 2. The van der Waals surface area contributed by atoms with Crippen molar-refractivity contribution < 1.29 is 24.0 Å². The van der Waals surface area contributed by atoms with Gasteiger partial charge in [0.05, 0.1) is 35.7 Å². The van der Waals surface area contributed by atoms with Gasteiger partial charge in [-0.2, -0.15) is 0 Å². The van der Waals surface area contributed by atoms with Crippen molar-refractivity contribution in [2.45, 2.75) is 19.8 Å². The van der Waals surface area contributed by atoms with Crippen molar-refractivity contribution in [3.8, 4) is 0 Å². The van der Waals surface area contributed by atoms with Gasteiger partial charge in [-0.15, -0.1) is 0 Å². The summed E-state index contributed by atoms with van der Waals surface area (Å²) in [6.07, 6.45) is 0. The molecule has 1 aliphatic rings. The van der Waals surface area contributed by atoms with Crippen LogP contribution in [0, 0.1) is 10.1 Å². The summed E-state index contributed by atoms with van der Waals surface area (Å²) in [5.74, 6) is -2.64. The molecule has 0 amide bonds. The van der Waals surface area contributed by atoms with E-state index in [1.54, 1.807) is 13.8 Å². The first-order valence-corrected chi connectivity index (χ1v) is 8.27. The Morgan fingerprint density at radius 2 is 2.00 bits per heavy atom. The second-order valence-electron chi connectivity index (χ2n) is 5.60. The molecule has 144 valence electrons. The van der Waals surface area contributed by atoms with Gasteiger partial charge in [0.25, 0.3) is 5.69 Å². The molecule has 0 saturated carbocycles. The van der Waals surface area contributed by atoms with Crippen molar-refractivity contribution in [2.75, 3.05) is 13.7 Å². The smallest absolute Gasteiger partial charge is 0.338 e. The number of carbonyl (C=O) groups is 2. The van der Waals surface area contributed by atoms with Crippen LogP contribution < -0.4 is 11.1 Å². The summed E-state index contributed by atoms with van der Waals surface area (Å²) >= 11 is 6.26. The maximum absolute atomic E-state index is 12.5. The Labute approximate surface area is 159 Å². The lowest BCUT2D eigenvalue weighted by Crippen LogP contribution is -2.36. The number of esters is 2. The van der Waals surface area contributed by atoms with Crippen LogP contribution in [0.4, 0.5) is 5.69 Å². The highest BCUT2D eigenvalue weighted by atomic mass is 35.5. The van der Waals surface area contributed by atoms with Crippen LogP contribution in [0.25, 0.3) is 0 Å². The van der Waals surface area contributed by atoms with Crippen LogP contribution >= 0.6 is 11.6 Å². The fourth-order valence-corrected chi connectivity index (χ4v) is 3.07. The molecule has 2 rings (SSSR count). The first kappa shape index (κ1) is 20.2. The van der Waals surface area contributed by atoms with E-state index in [1.165, 1.54) is 25.3 Å². The Morgan fingerprint density at radius 3 is 2.56 bits per heavy atom. The van der Waals surface area contributed by atoms with Crippen LogP contribution in [-0.4, -0.2) is 30.6 Å². The Morgan fingerprint density at radius 1 is 1.33 bits per heavy atom. The summed E-state index contributed by atoms with van der Waals surface area (Å²) in [7, 11) is 1.18. The third kappa shape index (κ3) is 3.87. The number of nitro benzene ring substituents is 1. The number of allylic oxidation sites excluding steroid dienone is 1. The SMILES string of the molecule is CCOC(=O)C1=C(N)NC(C)=C(C(=O)OC)C1c1cc([N+](=O)[O-])ccc1Cl. The number of nitrogens with one attached hydrogen (secondary N) is 1. The van der Waals surface area contributed by atoms with E-state index in [0.717, 1.165) is 0 Å². The molecule has 1 aliphatic heterocycles. The molecule has 10 heteroatoms. The van der Waals surface area contributed by atoms with Gasteiger partial charge in [0.1, 0.15) is 5.82 Å². The first-order valence-electron chi connectivity index (χ1n) is 7.89. The Bertz CT molecular complexity index is 877. The fourth-order valence-electron chi connectivity index (χ4n) is 2.85. The Balaban J connectivity index is 2.78. The summed E-state index contributed by atoms with van der Waals surface area (Å²) in [5, 5.41) is 14.1. The summed E-state index contributed by atoms with van der Waals surface area (Å²) in [6, 6.07) is 3.74. The predicted molar refractivity (Wildman–Crippen MR) is 96.5 cm³/mol. The minimum Gasteiger partial charge on any atom is -0.466 e. The van der Waals surface area contributed by atoms with E-state index in [2.05, 4.69) is 5.32 Å². The lowest BCUT2D eigenvalue weighted by molar-refractivity contribution is -0.384. The number of hydrogen-bond donors (Lipinski definition) is 2. The van der Waals surface area contributed by atoms with E-state index in [0.29, 0.717) is 5.70 Å². The van der Waals surface area contributed by atoms with E-state index < -0.39 is 22.8 Å². The molecule has 9 nitrogen and oxygen atoms in total. The van der Waals surface area contributed by atoms with Gasteiger partial charge in [0, 0.05) is 22.9 Å². The Hall–Kier alpha value is -3.07. The number of nitrogens with two attached hydrogens (primary N) is 1. The second-order valence-corrected chi connectivity index (χ2v) is 6.01. The van der Waals surface area contributed by atoms with Gasteiger partial charge in [-0.1, -0.05) is 11.6 Å². The molecule has 1 heterocycles. The van der Waals surface area contributed by atoms with Gasteiger partial charge < -0.3 is 20.5 Å². The van der Waals surface area contributed by atoms with Crippen molar-refractivity contribution in [1.29, 1.82) is 0 Å². The molecule has 0 aromatic heterocycles. The van der Waals surface area contributed by atoms with Crippen molar-refractivity contribution in [3.05, 3.63) is 61.6 Å². The van der Waals surface area contributed by atoms with Crippen molar-refractivity contribution in [3.63, 3.8) is 0 Å². The summed E-state index contributed by atoms with van der Waals surface area (Å²) in [6.45, 7) is 3.25. The Kier molecular flexibility index (Phi) is 6.06. The quantitative estimate of drug-likeness (QED) is 0.440. The monoisotopic (exact) mass is 395 g/mol. The van der Waals surface area contributed by atoms with E-state index in [1.807, 2.05) is 0 Å². The molecule has 0 spiro atoms. The number of non-ortho nitro benzene ring substituents is 1.